The highest BCUT2D eigenvalue weighted by Crippen LogP contribution is 2.49. The smallest absolute Gasteiger partial charge is 0.325 e. The normalized spacial score (nSPS) is 23.6. The Hall–Kier alpha value is -3.58. The monoisotopic (exact) mass is 451 g/mol. The summed E-state index contributed by atoms with van der Waals surface area (Å²) in [5.41, 5.74) is 0.330. The van der Waals surface area contributed by atoms with E-state index in [1.54, 1.807) is 37.3 Å². The van der Waals surface area contributed by atoms with Crippen molar-refractivity contribution >= 4 is 34.9 Å². The van der Waals surface area contributed by atoms with E-state index in [0.29, 0.717) is 27.7 Å². The average molecular weight is 452 g/mol. The molecule has 1 saturated heterocycles. The highest BCUT2D eigenvalue weighted by Gasteiger charge is 2.60. The summed E-state index contributed by atoms with van der Waals surface area (Å²) in [6.07, 6.45) is 0. The Labute approximate surface area is 188 Å². The summed E-state index contributed by atoms with van der Waals surface area (Å²) in [6.45, 7) is 1.70. The predicted octanol–water partition coefficient (Wildman–Crippen LogP) is 5.11. The summed E-state index contributed by atoms with van der Waals surface area (Å²) in [5, 5.41) is 6.41. The van der Waals surface area contributed by atoms with E-state index in [2.05, 4.69) is 10.6 Å². The molecule has 2 N–H and O–H groups in total. The predicted molar refractivity (Wildman–Crippen MR) is 119 cm³/mol. The van der Waals surface area contributed by atoms with Gasteiger partial charge in [0.05, 0.1) is 6.04 Å². The molecule has 0 saturated carbocycles. The third-order valence-electron chi connectivity index (χ3n) is 5.89. The minimum atomic E-state index is -1.37. The molecule has 3 atom stereocenters. The Morgan fingerprint density at radius 3 is 2.50 bits per heavy atom. The van der Waals surface area contributed by atoms with Crippen molar-refractivity contribution < 1.29 is 18.7 Å². The van der Waals surface area contributed by atoms with Gasteiger partial charge in [-0.3, -0.25) is 9.69 Å². The Morgan fingerprint density at radius 2 is 1.78 bits per heavy atom. The van der Waals surface area contributed by atoms with Crippen LogP contribution in [0.2, 0.25) is 5.02 Å². The highest BCUT2D eigenvalue weighted by atomic mass is 35.5. The first-order valence-electron chi connectivity index (χ1n) is 10.1. The van der Waals surface area contributed by atoms with Crippen LogP contribution in [0.4, 0.5) is 20.6 Å². The molecular formula is C24H19ClFN3O3. The minimum absolute atomic E-state index is 0.332. The van der Waals surface area contributed by atoms with Crippen LogP contribution in [-0.4, -0.2) is 17.7 Å². The molecule has 3 aromatic rings. The van der Waals surface area contributed by atoms with Gasteiger partial charge in [-0.2, -0.15) is 0 Å². The highest BCUT2D eigenvalue weighted by molar-refractivity contribution is 6.30. The second-order valence-corrected chi connectivity index (χ2v) is 8.34. The maximum Gasteiger partial charge on any atom is 0.325 e. The van der Waals surface area contributed by atoms with E-state index in [-0.39, 0.29) is 5.91 Å². The van der Waals surface area contributed by atoms with Crippen molar-refractivity contribution in [2.45, 2.75) is 18.7 Å². The molecule has 0 aromatic heterocycles. The number of halogens is 2. The van der Waals surface area contributed by atoms with E-state index >= 15 is 0 Å². The number of hydrogen-bond donors (Lipinski definition) is 2. The fraction of sp³-hybridized carbons (Fsp3) is 0.167. The van der Waals surface area contributed by atoms with Gasteiger partial charge in [-0.05, 0) is 61.5 Å². The Morgan fingerprint density at radius 1 is 1.09 bits per heavy atom. The number of carbonyl (C=O) groups excluding carboxylic acids is 2. The van der Waals surface area contributed by atoms with Crippen molar-refractivity contribution in [3.8, 4) is 5.75 Å². The Balaban J connectivity index is 1.60. The molecule has 2 bridgehead atoms. The van der Waals surface area contributed by atoms with Crippen LogP contribution in [0.3, 0.4) is 0 Å². The number of para-hydroxylation sites is 1. The number of amides is 3. The van der Waals surface area contributed by atoms with E-state index in [4.69, 9.17) is 16.3 Å². The molecule has 3 aromatic carbocycles. The Bertz CT molecular complexity index is 1200. The first-order chi connectivity index (χ1) is 15.4. The zero-order chi connectivity index (χ0) is 22.5. The standard InChI is InChI=1S/C24H19ClFN3O3/c1-24-20(22(30)27-16-10-6-14(25)7-11-16)21(18-4-2-3-5-19(18)32-24)28-23(31)29(24)17-12-8-15(26)9-13-17/h2-13,20-21H,1H3,(H,27,30)(H,28,31). The van der Waals surface area contributed by atoms with Crippen LogP contribution in [0.1, 0.15) is 18.5 Å². The number of nitrogens with one attached hydrogen (secondary N) is 2. The fourth-order valence-corrected chi connectivity index (χ4v) is 4.59. The van der Waals surface area contributed by atoms with Gasteiger partial charge < -0.3 is 15.4 Å². The lowest BCUT2D eigenvalue weighted by Gasteiger charge is -2.54. The van der Waals surface area contributed by atoms with E-state index in [0.717, 1.165) is 0 Å². The van der Waals surface area contributed by atoms with Crippen LogP contribution in [0.15, 0.2) is 72.8 Å². The average Bonchev–Trinajstić information content (AvgIpc) is 2.76. The third-order valence-corrected chi connectivity index (χ3v) is 6.14. The maximum absolute atomic E-state index is 13.6. The summed E-state index contributed by atoms with van der Waals surface area (Å²) in [5.74, 6) is -0.999. The molecule has 162 valence electrons. The molecule has 5 rings (SSSR count). The molecule has 6 nitrogen and oxygen atoms in total. The molecule has 1 fully saturated rings. The summed E-state index contributed by atoms with van der Waals surface area (Å²) < 4.78 is 19.9. The van der Waals surface area contributed by atoms with Gasteiger partial charge in [0, 0.05) is 22.0 Å². The van der Waals surface area contributed by atoms with Gasteiger partial charge in [-0.25, -0.2) is 9.18 Å². The van der Waals surface area contributed by atoms with E-state index in [1.165, 1.54) is 29.2 Å². The van der Waals surface area contributed by atoms with Gasteiger partial charge in [-0.15, -0.1) is 0 Å². The first kappa shape index (κ1) is 20.3. The molecule has 3 amide bonds. The minimum Gasteiger partial charge on any atom is -0.466 e. The molecule has 2 aliphatic rings. The number of fused-ring (bicyclic) bond motifs is 4. The van der Waals surface area contributed by atoms with Crippen molar-refractivity contribution in [1.82, 2.24) is 5.32 Å². The largest absolute Gasteiger partial charge is 0.466 e. The molecule has 3 unspecified atom stereocenters. The van der Waals surface area contributed by atoms with Crippen molar-refractivity contribution in [1.29, 1.82) is 0 Å². The number of benzene rings is 3. The molecular weight excluding hydrogens is 433 g/mol. The second-order valence-electron chi connectivity index (χ2n) is 7.91. The summed E-state index contributed by atoms with van der Waals surface area (Å²) in [6, 6.07) is 18.5. The zero-order valence-electron chi connectivity index (χ0n) is 17.0. The quantitative estimate of drug-likeness (QED) is 0.581. The number of anilines is 2. The molecule has 0 radical (unpaired) electrons. The number of carbonyl (C=O) groups is 2. The van der Waals surface area contributed by atoms with Crippen LogP contribution < -0.4 is 20.3 Å². The fourth-order valence-electron chi connectivity index (χ4n) is 4.46. The number of urea groups is 1. The Kier molecular flexibility index (Phi) is 4.78. The summed E-state index contributed by atoms with van der Waals surface area (Å²) in [7, 11) is 0. The van der Waals surface area contributed by atoms with Gasteiger partial charge in [0.15, 0.2) is 0 Å². The molecule has 2 aliphatic heterocycles. The zero-order valence-corrected chi connectivity index (χ0v) is 17.8. The summed E-state index contributed by atoms with van der Waals surface area (Å²) >= 11 is 5.95. The summed E-state index contributed by atoms with van der Waals surface area (Å²) in [4.78, 5) is 28.1. The van der Waals surface area contributed by atoms with Gasteiger partial charge in [-0.1, -0.05) is 29.8 Å². The number of ether oxygens (including phenoxy) is 1. The van der Waals surface area contributed by atoms with Gasteiger partial charge in [0.1, 0.15) is 17.5 Å². The molecule has 8 heteroatoms. The van der Waals surface area contributed by atoms with Crippen LogP contribution in [0.25, 0.3) is 0 Å². The first-order valence-corrected chi connectivity index (χ1v) is 10.5. The van der Waals surface area contributed by atoms with Crippen molar-refractivity contribution in [2.75, 3.05) is 10.2 Å². The third kappa shape index (κ3) is 3.26. The van der Waals surface area contributed by atoms with E-state index < -0.39 is 29.5 Å². The molecule has 0 spiro atoms. The number of hydrogen-bond acceptors (Lipinski definition) is 3. The van der Waals surface area contributed by atoms with Crippen LogP contribution >= 0.6 is 11.6 Å². The lowest BCUT2D eigenvalue weighted by molar-refractivity contribution is -0.131. The maximum atomic E-state index is 13.6. The molecule has 32 heavy (non-hydrogen) atoms. The number of nitrogens with zero attached hydrogens (tertiary/aromatic N) is 1. The lowest BCUT2D eigenvalue weighted by atomic mass is 9.78. The van der Waals surface area contributed by atoms with Gasteiger partial charge in [0.25, 0.3) is 0 Å². The molecule has 2 heterocycles. The van der Waals surface area contributed by atoms with Crippen LogP contribution in [0.5, 0.6) is 5.75 Å². The molecule has 0 aliphatic carbocycles. The van der Waals surface area contributed by atoms with E-state index in [9.17, 15) is 14.0 Å². The lowest BCUT2D eigenvalue weighted by Crippen LogP contribution is -2.72. The SMILES string of the molecule is CC12Oc3ccccc3C(NC(=O)N1c1ccc(F)cc1)C2C(=O)Nc1ccc(Cl)cc1. The van der Waals surface area contributed by atoms with Crippen molar-refractivity contribution in [2.24, 2.45) is 5.92 Å². The number of rotatable bonds is 3. The van der Waals surface area contributed by atoms with Crippen LogP contribution in [-0.2, 0) is 4.79 Å². The van der Waals surface area contributed by atoms with Gasteiger partial charge in [0.2, 0.25) is 11.6 Å². The van der Waals surface area contributed by atoms with Gasteiger partial charge >= 0.3 is 6.03 Å². The second kappa shape index (κ2) is 7.53. The topological polar surface area (TPSA) is 70.7 Å². The van der Waals surface area contributed by atoms with E-state index in [1.807, 2.05) is 18.2 Å². The van der Waals surface area contributed by atoms with Crippen molar-refractivity contribution in [3.63, 3.8) is 0 Å². The van der Waals surface area contributed by atoms with Crippen LogP contribution in [0, 0.1) is 11.7 Å². The van der Waals surface area contributed by atoms with Crippen molar-refractivity contribution in [3.05, 3.63) is 89.2 Å².